The Labute approximate surface area is 123 Å². The molecule has 2 N–H and O–H groups in total. The van der Waals surface area contributed by atoms with Gasteiger partial charge in [0.2, 0.25) is 0 Å². The predicted molar refractivity (Wildman–Crippen MR) is 80.6 cm³/mol. The minimum Gasteiger partial charge on any atom is -0.461 e. The van der Waals surface area contributed by atoms with E-state index in [9.17, 15) is 4.79 Å². The molecule has 2 fully saturated rings. The van der Waals surface area contributed by atoms with Gasteiger partial charge in [-0.2, -0.15) is 0 Å². The van der Waals surface area contributed by atoms with Crippen LogP contribution < -0.4 is 10.6 Å². The summed E-state index contributed by atoms with van der Waals surface area (Å²) in [5, 5.41) is 6.91. The molecule has 116 valence electrons. The molecule has 0 aromatic heterocycles. The van der Waals surface area contributed by atoms with Crippen LogP contribution in [0.2, 0.25) is 0 Å². The van der Waals surface area contributed by atoms with Crippen molar-refractivity contribution < 1.29 is 9.53 Å². The fraction of sp³-hybridized carbons (Fsp3) is 0.938. The Kier molecular flexibility index (Phi) is 6.30. The first-order valence-electron chi connectivity index (χ1n) is 8.32. The molecule has 1 saturated heterocycles. The molecule has 1 aliphatic heterocycles. The lowest BCUT2D eigenvalue weighted by molar-refractivity contribution is -0.152. The fourth-order valence-corrected chi connectivity index (χ4v) is 3.23. The maximum Gasteiger partial charge on any atom is 0.323 e. The highest BCUT2D eigenvalue weighted by atomic mass is 16.5. The van der Waals surface area contributed by atoms with Crippen LogP contribution in [0.5, 0.6) is 0 Å². The van der Waals surface area contributed by atoms with Gasteiger partial charge in [-0.05, 0) is 57.4 Å². The highest BCUT2D eigenvalue weighted by molar-refractivity contribution is 5.76. The molecule has 0 spiro atoms. The van der Waals surface area contributed by atoms with E-state index in [4.69, 9.17) is 4.74 Å². The van der Waals surface area contributed by atoms with Crippen molar-refractivity contribution in [1.82, 2.24) is 10.6 Å². The normalized spacial score (nSPS) is 25.9. The molecule has 20 heavy (non-hydrogen) atoms. The lowest BCUT2D eigenvalue weighted by atomic mass is 10.0. The topological polar surface area (TPSA) is 50.4 Å². The molecule has 0 bridgehead atoms. The van der Waals surface area contributed by atoms with E-state index >= 15 is 0 Å². The highest BCUT2D eigenvalue weighted by Gasteiger charge is 2.28. The number of ether oxygens (including phenoxy) is 1. The van der Waals surface area contributed by atoms with Crippen molar-refractivity contribution in [3.8, 4) is 0 Å². The maximum atomic E-state index is 12.4. The first-order valence-corrected chi connectivity index (χ1v) is 8.32. The van der Waals surface area contributed by atoms with Crippen LogP contribution in [0.1, 0.15) is 58.8 Å². The van der Waals surface area contributed by atoms with E-state index < -0.39 is 0 Å². The number of piperidine rings is 1. The van der Waals surface area contributed by atoms with Gasteiger partial charge < -0.3 is 15.4 Å². The average molecular weight is 282 g/mol. The Hall–Kier alpha value is -0.610. The lowest BCUT2D eigenvalue weighted by Gasteiger charge is -2.29. The summed E-state index contributed by atoms with van der Waals surface area (Å²) in [4.78, 5) is 12.4. The Morgan fingerprint density at radius 1 is 1.25 bits per heavy atom. The summed E-state index contributed by atoms with van der Waals surface area (Å²) in [5.41, 5.74) is 0. The number of carbonyl (C=O) groups is 1. The van der Waals surface area contributed by atoms with E-state index in [-0.39, 0.29) is 18.1 Å². The van der Waals surface area contributed by atoms with Crippen LogP contribution in [0, 0.1) is 5.92 Å². The van der Waals surface area contributed by atoms with Crippen LogP contribution in [0.3, 0.4) is 0 Å². The maximum absolute atomic E-state index is 12.4. The minimum absolute atomic E-state index is 0.0313. The molecule has 1 unspecified atom stereocenters. The monoisotopic (exact) mass is 282 g/mol. The van der Waals surface area contributed by atoms with E-state index in [1.807, 2.05) is 0 Å². The zero-order valence-corrected chi connectivity index (χ0v) is 13.0. The van der Waals surface area contributed by atoms with E-state index in [1.165, 1.54) is 19.3 Å². The molecule has 1 aliphatic carbocycles. The fourth-order valence-electron chi connectivity index (χ4n) is 3.23. The van der Waals surface area contributed by atoms with Crippen molar-refractivity contribution in [3.05, 3.63) is 0 Å². The Bertz CT molecular complexity index is 295. The van der Waals surface area contributed by atoms with E-state index in [1.54, 1.807) is 0 Å². The van der Waals surface area contributed by atoms with Gasteiger partial charge in [0.25, 0.3) is 0 Å². The third-order valence-corrected chi connectivity index (χ3v) is 4.31. The largest absolute Gasteiger partial charge is 0.461 e. The molecular weight excluding hydrogens is 252 g/mol. The molecule has 0 aromatic rings. The van der Waals surface area contributed by atoms with Gasteiger partial charge in [0.1, 0.15) is 12.1 Å². The summed E-state index contributed by atoms with van der Waals surface area (Å²) in [5.74, 6) is 0.469. The molecule has 2 aliphatic rings. The standard InChI is InChI=1S/C16H30N2O2/c1-12(2)10-15(18-13-6-5-9-17-11-13)16(19)20-14-7-3-4-8-14/h12-15,17-18H,3-11H2,1-2H3/t13?,15-/m0/s1. The Morgan fingerprint density at radius 2 is 2.00 bits per heavy atom. The third kappa shape index (κ3) is 5.06. The number of carbonyl (C=O) groups excluding carboxylic acids is 1. The van der Waals surface area contributed by atoms with Gasteiger partial charge in [-0.1, -0.05) is 13.8 Å². The molecular formula is C16H30N2O2. The van der Waals surface area contributed by atoms with Gasteiger partial charge in [0.15, 0.2) is 0 Å². The summed E-state index contributed by atoms with van der Waals surface area (Å²) < 4.78 is 5.69. The molecule has 2 rings (SSSR count). The van der Waals surface area contributed by atoms with Gasteiger partial charge >= 0.3 is 5.97 Å². The lowest BCUT2D eigenvalue weighted by Crippen LogP contribution is -2.51. The summed E-state index contributed by atoms with van der Waals surface area (Å²) in [6.45, 7) is 6.39. The summed E-state index contributed by atoms with van der Waals surface area (Å²) in [6, 6.07) is 0.268. The summed E-state index contributed by atoms with van der Waals surface area (Å²) in [6.07, 6.45) is 7.86. The average Bonchev–Trinajstić information content (AvgIpc) is 2.91. The summed E-state index contributed by atoms with van der Waals surface area (Å²) >= 11 is 0. The molecule has 1 saturated carbocycles. The van der Waals surface area contributed by atoms with Gasteiger partial charge in [0.05, 0.1) is 0 Å². The molecule has 1 heterocycles. The Balaban J connectivity index is 1.85. The second kappa shape index (κ2) is 7.99. The number of hydrogen-bond acceptors (Lipinski definition) is 4. The Morgan fingerprint density at radius 3 is 2.60 bits per heavy atom. The predicted octanol–water partition coefficient (Wildman–Crippen LogP) is 2.23. The first-order chi connectivity index (χ1) is 9.65. The van der Waals surface area contributed by atoms with Gasteiger partial charge in [-0.25, -0.2) is 0 Å². The van der Waals surface area contributed by atoms with Crippen LogP contribution in [-0.4, -0.2) is 37.2 Å². The van der Waals surface area contributed by atoms with E-state index in [0.717, 1.165) is 38.8 Å². The van der Waals surface area contributed by atoms with Crippen molar-refractivity contribution in [2.45, 2.75) is 77.0 Å². The van der Waals surface area contributed by atoms with Gasteiger partial charge in [-0.3, -0.25) is 4.79 Å². The number of nitrogens with one attached hydrogen (secondary N) is 2. The van der Waals surface area contributed by atoms with Crippen molar-refractivity contribution in [2.75, 3.05) is 13.1 Å². The third-order valence-electron chi connectivity index (χ3n) is 4.31. The molecule has 2 atom stereocenters. The van der Waals surface area contributed by atoms with Crippen LogP contribution in [0.25, 0.3) is 0 Å². The molecule has 4 nitrogen and oxygen atoms in total. The van der Waals surface area contributed by atoms with Gasteiger partial charge in [0, 0.05) is 12.6 Å². The van der Waals surface area contributed by atoms with Crippen molar-refractivity contribution in [1.29, 1.82) is 0 Å². The zero-order valence-electron chi connectivity index (χ0n) is 13.0. The van der Waals surface area contributed by atoms with Gasteiger partial charge in [-0.15, -0.1) is 0 Å². The van der Waals surface area contributed by atoms with E-state index in [2.05, 4.69) is 24.5 Å². The van der Waals surface area contributed by atoms with Crippen molar-refractivity contribution in [3.63, 3.8) is 0 Å². The number of rotatable bonds is 6. The smallest absolute Gasteiger partial charge is 0.323 e. The minimum atomic E-state index is -0.138. The SMILES string of the molecule is CC(C)C[C@H](NC1CCCNC1)C(=O)OC1CCCC1. The number of esters is 1. The zero-order chi connectivity index (χ0) is 14.4. The van der Waals surface area contributed by atoms with Crippen LogP contribution in [-0.2, 0) is 9.53 Å². The molecule has 0 amide bonds. The second-order valence-electron chi connectivity index (χ2n) is 6.74. The van der Waals surface area contributed by atoms with Crippen LogP contribution in [0.15, 0.2) is 0 Å². The quantitative estimate of drug-likeness (QED) is 0.734. The summed E-state index contributed by atoms with van der Waals surface area (Å²) in [7, 11) is 0. The van der Waals surface area contributed by atoms with Crippen LogP contribution in [0.4, 0.5) is 0 Å². The number of hydrogen-bond donors (Lipinski definition) is 2. The molecule has 0 aromatic carbocycles. The molecule has 4 heteroatoms. The van der Waals surface area contributed by atoms with Crippen molar-refractivity contribution in [2.24, 2.45) is 5.92 Å². The first kappa shape index (κ1) is 15.8. The second-order valence-corrected chi connectivity index (χ2v) is 6.74. The van der Waals surface area contributed by atoms with E-state index in [0.29, 0.717) is 12.0 Å². The molecule has 0 radical (unpaired) electrons. The highest BCUT2D eigenvalue weighted by Crippen LogP contribution is 2.22. The van der Waals surface area contributed by atoms with Crippen molar-refractivity contribution >= 4 is 5.97 Å². The van der Waals surface area contributed by atoms with Crippen LogP contribution >= 0.6 is 0 Å².